The van der Waals surface area contributed by atoms with Crippen molar-refractivity contribution in [3.05, 3.63) is 33.8 Å². The van der Waals surface area contributed by atoms with Gasteiger partial charge in [0, 0.05) is 18.5 Å². The average Bonchev–Trinajstić information content (AvgIpc) is 2.45. The number of hydrogen-bond donors (Lipinski definition) is 2. The first kappa shape index (κ1) is 19.6. The lowest BCUT2D eigenvalue weighted by Gasteiger charge is -2.26. The smallest absolute Gasteiger partial charge is 0.220 e. The van der Waals surface area contributed by atoms with Gasteiger partial charge in [0.2, 0.25) is 5.91 Å². The van der Waals surface area contributed by atoms with Gasteiger partial charge in [-0.25, -0.2) is 0 Å². The lowest BCUT2D eigenvalue weighted by molar-refractivity contribution is -0.122. The maximum atomic E-state index is 11.9. The summed E-state index contributed by atoms with van der Waals surface area (Å²) in [6, 6.07) is 6.24. The number of carbonyl (C=O) groups excluding carboxylic acids is 1. The van der Waals surface area contributed by atoms with Crippen LogP contribution in [0, 0.1) is 0 Å². The van der Waals surface area contributed by atoms with Crippen molar-refractivity contribution in [3.63, 3.8) is 0 Å². The summed E-state index contributed by atoms with van der Waals surface area (Å²) >= 11 is 11.9. The highest BCUT2D eigenvalue weighted by molar-refractivity contribution is 6.42. The Hall–Kier alpha value is -0.480. The number of halogens is 3. The fourth-order valence-electron chi connectivity index (χ4n) is 2.71. The van der Waals surface area contributed by atoms with E-state index in [4.69, 9.17) is 28.9 Å². The molecule has 0 atom stereocenters. The van der Waals surface area contributed by atoms with E-state index in [0.29, 0.717) is 28.5 Å². The normalized spacial score (nSPS) is 21.0. The van der Waals surface area contributed by atoms with Crippen LogP contribution < -0.4 is 11.1 Å². The molecule has 0 aliphatic heterocycles. The van der Waals surface area contributed by atoms with E-state index < -0.39 is 0 Å². The molecule has 1 saturated carbocycles. The van der Waals surface area contributed by atoms with Gasteiger partial charge in [-0.05, 0) is 56.2 Å². The van der Waals surface area contributed by atoms with Gasteiger partial charge in [-0.3, -0.25) is 4.79 Å². The van der Waals surface area contributed by atoms with Gasteiger partial charge in [-0.2, -0.15) is 0 Å². The van der Waals surface area contributed by atoms with E-state index in [1.54, 1.807) is 6.07 Å². The quantitative estimate of drug-likeness (QED) is 0.824. The summed E-state index contributed by atoms with van der Waals surface area (Å²) < 4.78 is 0. The summed E-state index contributed by atoms with van der Waals surface area (Å²) in [6.45, 7) is 0. The number of nitrogens with two attached hydrogens (primary N) is 1. The fourth-order valence-corrected chi connectivity index (χ4v) is 3.03. The Balaban J connectivity index is 0.00000242. The van der Waals surface area contributed by atoms with Gasteiger partial charge in [0.05, 0.1) is 10.0 Å². The molecule has 0 spiro atoms. The summed E-state index contributed by atoms with van der Waals surface area (Å²) in [5, 5.41) is 4.23. The maximum absolute atomic E-state index is 11.9. The molecule has 6 heteroatoms. The topological polar surface area (TPSA) is 55.1 Å². The predicted octanol–water partition coefficient (Wildman–Crippen LogP) is 4.12. The SMILES string of the molecule is Cl.NC1CCC(NC(=O)CCCc2ccc(Cl)c(Cl)c2)CC1. The van der Waals surface area contributed by atoms with Crippen LogP contribution in [0.4, 0.5) is 0 Å². The molecule has 1 aromatic carbocycles. The minimum atomic E-state index is 0. The molecular weight excluding hydrogens is 343 g/mol. The van der Waals surface area contributed by atoms with Crippen molar-refractivity contribution in [2.24, 2.45) is 5.73 Å². The Kier molecular flexibility index (Phi) is 8.55. The number of amides is 1. The van der Waals surface area contributed by atoms with E-state index in [1.807, 2.05) is 12.1 Å². The molecule has 3 N–H and O–H groups in total. The maximum Gasteiger partial charge on any atom is 0.220 e. The highest BCUT2D eigenvalue weighted by Gasteiger charge is 2.19. The van der Waals surface area contributed by atoms with Gasteiger partial charge in [-0.15, -0.1) is 12.4 Å². The van der Waals surface area contributed by atoms with Crippen LogP contribution in [0.15, 0.2) is 18.2 Å². The minimum absolute atomic E-state index is 0. The molecule has 0 unspecified atom stereocenters. The van der Waals surface area contributed by atoms with E-state index in [9.17, 15) is 4.79 Å². The second-order valence-electron chi connectivity index (χ2n) is 5.78. The molecule has 124 valence electrons. The predicted molar refractivity (Wildman–Crippen MR) is 95.0 cm³/mol. The van der Waals surface area contributed by atoms with Crippen LogP contribution in [-0.2, 0) is 11.2 Å². The zero-order chi connectivity index (χ0) is 15.2. The number of benzene rings is 1. The van der Waals surface area contributed by atoms with Crippen LogP contribution in [0.3, 0.4) is 0 Å². The van der Waals surface area contributed by atoms with E-state index >= 15 is 0 Å². The standard InChI is InChI=1S/C16H22Cl2N2O.ClH/c17-14-9-4-11(10-15(14)18)2-1-3-16(21)20-13-7-5-12(19)6-8-13;/h4,9-10,12-13H,1-3,5-8,19H2,(H,20,21);1H. The van der Waals surface area contributed by atoms with Crippen LogP contribution in [-0.4, -0.2) is 18.0 Å². The largest absolute Gasteiger partial charge is 0.353 e. The summed E-state index contributed by atoms with van der Waals surface area (Å²) in [4.78, 5) is 11.9. The molecule has 1 amide bonds. The molecular formula is C16H23Cl3N2O. The number of carbonyl (C=O) groups is 1. The van der Waals surface area contributed by atoms with Crippen LogP contribution in [0.1, 0.15) is 44.1 Å². The molecule has 0 heterocycles. The first-order valence-electron chi connectivity index (χ1n) is 7.53. The summed E-state index contributed by atoms with van der Waals surface area (Å²) in [5.74, 6) is 0.135. The monoisotopic (exact) mass is 364 g/mol. The minimum Gasteiger partial charge on any atom is -0.353 e. The Morgan fingerprint density at radius 2 is 1.86 bits per heavy atom. The van der Waals surface area contributed by atoms with Crippen LogP contribution in [0.5, 0.6) is 0 Å². The molecule has 0 radical (unpaired) electrons. The molecule has 1 aliphatic rings. The second kappa shape index (κ2) is 9.61. The Labute approximate surface area is 148 Å². The van der Waals surface area contributed by atoms with E-state index in [1.165, 1.54) is 0 Å². The highest BCUT2D eigenvalue weighted by atomic mass is 35.5. The van der Waals surface area contributed by atoms with Gasteiger partial charge < -0.3 is 11.1 Å². The van der Waals surface area contributed by atoms with Crippen molar-refractivity contribution < 1.29 is 4.79 Å². The molecule has 0 bridgehead atoms. The molecule has 3 nitrogen and oxygen atoms in total. The van der Waals surface area contributed by atoms with Crippen LogP contribution in [0.25, 0.3) is 0 Å². The van der Waals surface area contributed by atoms with Crippen molar-refractivity contribution in [2.45, 2.75) is 57.0 Å². The molecule has 2 rings (SSSR count). The van der Waals surface area contributed by atoms with Crippen molar-refractivity contribution in [3.8, 4) is 0 Å². The summed E-state index contributed by atoms with van der Waals surface area (Å²) in [7, 11) is 0. The van der Waals surface area contributed by atoms with Crippen molar-refractivity contribution >= 4 is 41.5 Å². The zero-order valence-corrected chi connectivity index (χ0v) is 14.8. The molecule has 22 heavy (non-hydrogen) atoms. The Morgan fingerprint density at radius 1 is 1.18 bits per heavy atom. The van der Waals surface area contributed by atoms with Gasteiger partial charge in [0.25, 0.3) is 0 Å². The molecule has 0 saturated heterocycles. The van der Waals surface area contributed by atoms with Crippen molar-refractivity contribution in [1.82, 2.24) is 5.32 Å². The second-order valence-corrected chi connectivity index (χ2v) is 6.60. The third-order valence-corrected chi connectivity index (χ3v) is 4.73. The summed E-state index contributed by atoms with van der Waals surface area (Å²) in [5.41, 5.74) is 6.97. The third-order valence-electron chi connectivity index (χ3n) is 3.99. The molecule has 1 aromatic rings. The van der Waals surface area contributed by atoms with E-state index in [0.717, 1.165) is 44.1 Å². The zero-order valence-electron chi connectivity index (χ0n) is 12.5. The average molecular weight is 366 g/mol. The highest BCUT2D eigenvalue weighted by Crippen LogP contribution is 2.23. The Bertz CT molecular complexity index is 488. The van der Waals surface area contributed by atoms with Gasteiger partial charge in [-0.1, -0.05) is 29.3 Å². The molecule has 1 fully saturated rings. The Morgan fingerprint density at radius 3 is 2.50 bits per heavy atom. The lowest BCUT2D eigenvalue weighted by Crippen LogP contribution is -2.40. The van der Waals surface area contributed by atoms with Gasteiger partial charge in [0.15, 0.2) is 0 Å². The first-order valence-corrected chi connectivity index (χ1v) is 8.29. The number of nitrogens with one attached hydrogen (secondary N) is 1. The van der Waals surface area contributed by atoms with Crippen molar-refractivity contribution in [1.29, 1.82) is 0 Å². The fraction of sp³-hybridized carbons (Fsp3) is 0.562. The van der Waals surface area contributed by atoms with E-state index in [2.05, 4.69) is 5.32 Å². The molecule has 1 aliphatic carbocycles. The van der Waals surface area contributed by atoms with Gasteiger partial charge in [0.1, 0.15) is 0 Å². The van der Waals surface area contributed by atoms with E-state index in [-0.39, 0.29) is 18.3 Å². The lowest BCUT2D eigenvalue weighted by atomic mass is 9.92. The number of rotatable bonds is 5. The number of hydrogen-bond acceptors (Lipinski definition) is 2. The third kappa shape index (κ3) is 6.33. The van der Waals surface area contributed by atoms with Crippen LogP contribution >= 0.6 is 35.6 Å². The van der Waals surface area contributed by atoms with Crippen molar-refractivity contribution in [2.75, 3.05) is 0 Å². The van der Waals surface area contributed by atoms with Crippen LogP contribution in [0.2, 0.25) is 10.0 Å². The van der Waals surface area contributed by atoms with Gasteiger partial charge >= 0.3 is 0 Å². The summed E-state index contributed by atoms with van der Waals surface area (Å²) in [6.07, 6.45) is 6.21. The first-order chi connectivity index (χ1) is 10.0. The number of aryl methyl sites for hydroxylation is 1. The molecule has 0 aromatic heterocycles.